The van der Waals surface area contributed by atoms with Crippen molar-refractivity contribution in [1.29, 1.82) is 0 Å². The highest BCUT2D eigenvalue weighted by molar-refractivity contribution is 7.26. The second kappa shape index (κ2) is 7.37. The van der Waals surface area contributed by atoms with Crippen LogP contribution in [0.1, 0.15) is 37.8 Å². The Balaban J connectivity index is 1.71. The van der Waals surface area contributed by atoms with E-state index in [9.17, 15) is 0 Å². The average Bonchev–Trinajstić information content (AvgIpc) is 3.11. The lowest BCUT2D eigenvalue weighted by molar-refractivity contribution is 0.864. The highest BCUT2D eigenvalue weighted by Gasteiger charge is 2.14. The van der Waals surface area contributed by atoms with Gasteiger partial charge in [0.05, 0.1) is 5.69 Å². The summed E-state index contributed by atoms with van der Waals surface area (Å²) in [7, 11) is 0. The summed E-state index contributed by atoms with van der Waals surface area (Å²) in [5, 5.41) is 2.55. The van der Waals surface area contributed by atoms with E-state index >= 15 is 0 Å². The molecule has 0 saturated carbocycles. The molecular weight excluding hydrogens is 382 g/mol. The van der Waals surface area contributed by atoms with Crippen molar-refractivity contribution in [2.75, 3.05) is 0 Å². The van der Waals surface area contributed by atoms with Gasteiger partial charge in [-0.25, -0.2) is 0 Å². The number of hydrogen-bond donors (Lipinski definition) is 0. The van der Waals surface area contributed by atoms with Gasteiger partial charge in [-0.1, -0.05) is 62.4 Å². The zero-order valence-corrected chi connectivity index (χ0v) is 18.6. The molecule has 2 heterocycles. The Morgan fingerprint density at radius 1 is 0.867 bits per heavy atom. The maximum Gasteiger partial charge on any atom is 0.0719 e. The van der Waals surface area contributed by atoms with E-state index in [4.69, 9.17) is 1.37 Å². The third-order valence-electron chi connectivity index (χ3n) is 5.88. The Morgan fingerprint density at radius 3 is 2.40 bits per heavy atom. The lowest BCUT2D eigenvalue weighted by atomic mass is 9.95. The maximum absolute atomic E-state index is 8.40. The van der Waals surface area contributed by atoms with Gasteiger partial charge >= 0.3 is 0 Å². The first-order valence-corrected chi connectivity index (χ1v) is 11.1. The topological polar surface area (TPSA) is 12.9 Å². The Kier molecular flexibility index (Phi) is 4.39. The minimum Gasteiger partial charge on any atom is -0.256 e. The SMILES string of the molecule is [2H]C(C)(C)c1ccnc(-c2cccc3c2sc2cc(-c4c(C)cccc4C)ccc23)c1. The Morgan fingerprint density at radius 2 is 1.63 bits per heavy atom. The van der Waals surface area contributed by atoms with Crippen LogP contribution in [0, 0.1) is 13.8 Å². The molecule has 0 amide bonds. The van der Waals surface area contributed by atoms with Crippen molar-refractivity contribution in [3.05, 3.63) is 89.6 Å². The molecule has 0 bridgehead atoms. The van der Waals surface area contributed by atoms with Crippen molar-refractivity contribution in [2.45, 2.75) is 33.6 Å². The molecule has 148 valence electrons. The van der Waals surface area contributed by atoms with E-state index in [2.05, 4.69) is 79.5 Å². The zero-order valence-electron chi connectivity index (χ0n) is 18.8. The second-order valence-electron chi connectivity index (χ2n) is 8.19. The molecule has 5 rings (SSSR count). The molecule has 2 aromatic heterocycles. The van der Waals surface area contributed by atoms with Crippen molar-refractivity contribution in [2.24, 2.45) is 0 Å². The van der Waals surface area contributed by atoms with E-state index in [0.717, 1.165) is 16.8 Å². The van der Waals surface area contributed by atoms with Crippen molar-refractivity contribution < 1.29 is 1.37 Å². The van der Waals surface area contributed by atoms with Crippen LogP contribution >= 0.6 is 11.3 Å². The number of thiophene rings is 1. The van der Waals surface area contributed by atoms with Gasteiger partial charge in [0, 0.05) is 33.3 Å². The van der Waals surface area contributed by atoms with E-state index in [1.807, 2.05) is 37.4 Å². The van der Waals surface area contributed by atoms with E-state index in [-0.39, 0.29) is 0 Å². The van der Waals surface area contributed by atoms with Crippen LogP contribution in [0.15, 0.2) is 72.9 Å². The summed E-state index contributed by atoms with van der Waals surface area (Å²) in [4.78, 5) is 4.66. The summed E-state index contributed by atoms with van der Waals surface area (Å²) in [6, 6.07) is 23.8. The number of aryl methyl sites for hydroxylation is 2. The summed E-state index contributed by atoms with van der Waals surface area (Å²) in [5.41, 5.74) is 8.26. The van der Waals surface area contributed by atoms with E-state index in [1.54, 1.807) is 0 Å². The zero-order chi connectivity index (χ0) is 21.8. The Hall–Kier alpha value is -2.97. The molecule has 0 atom stereocenters. The molecule has 3 aromatic carbocycles. The van der Waals surface area contributed by atoms with Crippen molar-refractivity contribution in [3.63, 3.8) is 0 Å². The molecule has 0 aliphatic carbocycles. The first-order valence-electron chi connectivity index (χ1n) is 10.8. The molecule has 0 aliphatic rings. The Bertz CT molecular complexity index is 1420. The molecule has 0 N–H and O–H groups in total. The van der Waals surface area contributed by atoms with Gasteiger partial charge in [0.2, 0.25) is 0 Å². The number of aromatic nitrogens is 1. The van der Waals surface area contributed by atoms with Gasteiger partial charge in [-0.3, -0.25) is 4.98 Å². The van der Waals surface area contributed by atoms with Gasteiger partial charge in [-0.15, -0.1) is 11.3 Å². The standard InChI is InChI=1S/C28H25NS/c1-17(2)20-13-14-29-25(15-20)24-10-6-9-23-22-12-11-21(16-26(22)30-28(23)24)27-18(3)7-5-8-19(27)4/h5-17H,1-4H3/i17D. The summed E-state index contributed by atoms with van der Waals surface area (Å²) in [5.74, 6) is -0.647. The Labute approximate surface area is 183 Å². The van der Waals surface area contributed by atoms with Gasteiger partial charge in [-0.05, 0) is 65.8 Å². The number of pyridine rings is 1. The van der Waals surface area contributed by atoms with Crippen molar-refractivity contribution >= 4 is 31.5 Å². The summed E-state index contributed by atoms with van der Waals surface area (Å²) in [6.45, 7) is 8.20. The number of hydrogen-bond acceptors (Lipinski definition) is 2. The summed E-state index contributed by atoms with van der Waals surface area (Å²) >= 11 is 1.83. The number of nitrogens with zero attached hydrogens (tertiary/aromatic N) is 1. The molecule has 0 unspecified atom stereocenters. The predicted octanol–water partition coefficient (Wildman–Crippen LogP) is 8.52. The molecule has 1 nitrogen and oxygen atoms in total. The van der Waals surface area contributed by atoms with Crippen LogP contribution in [-0.4, -0.2) is 4.98 Å². The third kappa shape index (κ3) is 3.12. The van der Waals surface area contributed by atoms with Gasteiger partial charge < -0.3 is 0 Å². The highest BCUT2D eigenvalue weighted by Crippen LogP contribution is 2.41. The molecule has 0 fully saturated rings. The molecule has 0 aliphatic heterocycles. The quantitative estimate of drug-likeness (QED) is 0.291. The van der Waals surface area contributed by atoms with Crippen LogP contribution in [0.5, 0.6) is 0 Å². The van der Waals surface area contributed by atoms with Gasteiger partial charge in [0.15, 0.2) is 0 Å². The molecule has 2 heteroatoms. The highest BCUT2D eigenvalue weighted by atomic mass is 32.1. The van der Waals surface area contributed by atoms with Crippen LogP contribution in [0.4, 0.5) is 0 Å². The third-order valence-corrected chi connectivity index (χ3v) is 7.08. The fourth-order valence-electron chi connectivity index (χ4n) is 4.31. The molecule has 0 radical (unpaired) electrons. The largest absolute Gasteiger partial charge is 0.256 e. The lowest BCUT2D eigenvalue weighted by Gasteiger charge is -2.10. The van der Waals surface area contributed by atoms with Crippen LogP contribution < -0.4 is 0 Å². The molecule has 30 heavy (non-hydrogen) atoms. The van der Waals surface area contributed by atoms with Crippen molar-refractivity contribution in [1.82, 2.24) is 4.98 Å². The smallest absolute Gasteiger partial charge is 0.0719 e. The molecule has 0 saturated heterocycles. The summed E-state index contributed by atoms with van der Waals surface area (Å²) < 4.78 is 10.9. The van der Waals surface area contributed by atoms with Gasteiger partial charge in [0.1, 0.15) is 0 Å². The fraction of sp³-hybridized carbons (Fsp3) is 0.179. The average molecular weight is 409 g/mol. The van der Waals surface area contributed by atoms with Crippen molar-refractivity contribution in [3.8, 4) is 22.4 Å². The van der Waals surface area contributed by atoms with Crippen LogP contribution in [-0.2, 0) is 0 Å². The minimum atomic E-state index is -0.647. The maximum atomic E-state index is 8.40. The van der Waals surface area contributed by atoms with Gasteiger partial charge in [0.25, 0.3) is 0 Å². The number of rotatable bonds is 3. The van der Waals surface area contributed by atoms with E-state index in [1.165, 1.54) is 42.4 Å². The minimum absolute atomic E-state index is 0.647. The fourth-order valence-corrected chi connectivity index (χ4v) is 5.58. The first kappa shape index (κ1) is 17.9. The first-order chi connectivity index (χ1) is 14.8. The van der Waals surface area contributed by atoms with Crippen LogP contribution in [0.3, 0.4) is 0 Å². The monoisotopic (exact) mass is 408 g/mol. The normalized spacial score (nSPS) is 12.5. The molecular formula is C28H25NS. The summed E-state index contributed by atoms with van der Waals surface area (Å²) in [6.07, 6.45) is 1.83. The number of benzene rings is 3. The second-order valence-corrected chi connectivity index (χ2v) is 9.24. The van der Waals surface area contributed by atoms with Gasteiger partial charge in [-0.2, -0.15) is 0 Å². The molecule has 0 spiro atoms. The van der Waals surface area contributed by atoms with E-state index < -0.39 is 5.89 Å². The predicted molar refractivity (Wildman–Crippen MR) is 132 cm³/mol. The lowest BCUT2D eigenvalue weighted by Crippen LogP contribution is -1.90. The van der Waals surface area contributed by atoms with Crippen LogP contribution in [0.2, 0.25) is 0 Å². The number of fused-ring (bicyclic) bond motifs is 3. The van der Waals surface area contributed by atoms with Crippen LogP contribution in [0.25, 0.3) is 42.6 Å². The van der Waals surface area contributed by atoms with E-state index in [0.29, 0.717) is 0 Å². The molecule has 5 aromatic rings.